The summed E-state index contributed by atoms with van der Waals surface area (Å²) in [6, 6.07) is 0. The monoisotopic (exact) mass is 236 g/mol. The van der Waals surface area contributed by atoms with E-state index in [9.17, 15) is 8.42 Å². The summed E-state index contributed by atoms with van der Waals surface area (Å²) in [4.78, 5) is 0. The van der Waals surface area contributed by atoms with Crippen LogP contribution in [0.15, 0.2) is 0 Å². The van der Waals surface area contributed by atoms with E-state index in [0.717, 1.165) is 26.0 Å². The van der Waals surface area contributed by atoms with Crippen LogP contribution in [-0.2, 0) is 14.8 Å². The molecule has 0 aromatic carbocycles. The predicted molar refractivity (Wildman–Crippen MR) is 59.3 cm³/mol. The summed E-state index contributed by atoms with van der Waals surface area (Å²) in [7, 11) is -1.30. The Morgan fingerprint density at radius 2 is 2.27 bits per heavy atom. The van der Waals surface area contributed by atoms with Crippen LogP contribution in [0.4, 0.5) is 0 Å². The Morgan fingerprint density at radius 3 is 2.87 bits per heavy atom. The van der Waals surface area contributed by atoms with Gasteiger partial charge in [0.1, 0.15) is 0 Å². The second kappa shape index (κ2) is 6.42. The van der Waals surface area contributed by atoms with Crippen molar-refractivity contribution in [2.45, 2.75) is 25.4 Å². The van der Waals surface area contributed by atoms with Gasteiger partial charge in [-0.2, -0.15) is 0 Å². The van der Waals surface area contributed by atoms with Crippen molar-refractivity contribution >= 4 is 10.0 Å². The van der Waals surface area contributed by atoms with Crippen molar-refractivity contribution in [2.75, 3.05) is 32.5 Å². The van der Waals surface area contributed by atoms with E-state index < -0.39 is 10.0 Å². The van der Waals surface area contributed by atoms with Crippen LogP contribution in [0.2, 0.25) is 0 Å². The molecule has 6 heteroatoms. The first-order valence-corrected chi connectivity index (χ1v) is 7.03. The predicted octanol–water partition coefficient (Wildman–Crippen LogP) is -0.306. The van der Waals surface area contributed by atoms with Gasteiger partial charge in [0.25, 0.3) is 0 Å². The van der Waals surface area contributed by atoms with Crippen LogP contribution < -0.4 is 10.0 Å². The Hall–Kier alpha value is -0.170. The highest BCUT2D eigenvalue weighted by atomic mass is 32.2. The lowest BCUT2D eigenvalue weighted by Crippen LogP contribution is -2.34. The molecule has 15 heavy (non-hydrogen) atoms. The second-order valence-corrected chi connectivity index (χ2v) is 5.69. The molecule has 1 fully saturated rings. The Kier molecular flexibility index (Phi) is 5.52. The first kappa shape index (κ1) is 12.9. The lowest BCUT2D eigenvalue weighted by molar-refractivity contribution is 0.114. The fourth-order valence-electron chi connectivity index (χ4n) is 1.54. The zero-order chi connectivity index (χ0) is 11.1. The molecular weight excluding hydrogens is 216 g/mol. The van der Waals surface area contributed by atoms with Gasteiger partial charge in [0.2, 0.25) is 10.0 Å². The van der Waals surface area contributed by atoms with Crippen LogP contribution in [0.25, 0.3) is 0 Å². The van der Waals surface area contributed by atoms with Gasteiger partial charge < -0.3 is 10.1 Å². The molecule has 5 nitrogen and oxygen atoms in total. The molecule has 0 aromatic heterocycles. The highest BCUT2D eigenvalue weighted by Gasteiger charge is 2.18. The minimum atomic E-state index is -3.11. The van der Waals surface area contributed by atoms with Crippen molar-refractivity contribution < 1.29 is 13.2 Å². The summed E-state index contributed by atoms with van der Waals surface area (Å²) in [5.41, 5.74) is 0. The van der Waals surface area contributed by atoms with E-state index in [1.165, 1.54) is 0 Å². The van der Waals surface area contributed by atoms with Crippen LogP contribution >= 0.6 is 0 Å². The van der Waals surface area contributed by atoms with E-state index >= 15 is 0 Å². The third kappa shape index (κ3) is 5.46. The molecule has 1 rings (SSSR count). The molecule has 1 aliphatic heterocycles. The van der Waals surface area contributed by atoms with Crippen LogP contribution in [0, 0.1) is 0 Å². The summed E-state index contributed by atoms with van der Waals surface area (Å²) in [6.45, 7) is 1.90. The van der Waals surface area contributed by atoms with Gasteiger partial charge in [-0.25, -0.2) is 13.1 Å². The molecule has 1 atom stereocenters. The molecule has 2 N–H and O–H groups in total. The summed E-state index contributed by atoms with van der Waals surface area (Å²) < 4.78 is 30.8. The van der Waals surface area contributed by atoms with E-state index in [4.69, 9.17) is 4.74 Å². The molecule has 0 radical (unpaired) electrons. The topological polar surface area (TPSA) is 67.4 Å². The summed E-state index contributed by atoms with van der Waals surface area (Å²) in [5.74, 6) is 0.181. The molecule has 1 heterocycles. The van der Waals surface area contributed by atoms with Gasteiger partial charge in [0.15, 0.2) is 0 Å². The molecule has 1 aliphatic rings. The van der Waals surface area contributed by atoms with Crippen molar-refractivity contribution in [3.63, 3.8) is 0 Å². The minimum Gasteiger partial charge on any atom is -0.377 e. The van der Waals surface area contributed by atoms with Gasteiger partial charge in [0, 0.05) is 13.2 Å². The SMILES string of the molecule is CNCCCS(=O)(=O)NCC1CCCO1. The zero-order valence-corrected chi connectivity index (χ0v) is 9.98. The molecule has 0 saturated carbocycles. The number of rotatable bonds is 7. The van der Waals surface area contributed by atoms with Crippen molar-refractivity contribution in [2.24, 2.45) is 0 Å². The average molecular weight is 236 g/mol. The molecule has 0 amide bonds. The standard InChI is InChI=1S/C9H20N2O3S/c1-10-5-3-7-15(12,13)11-8-9-4-2-6-14-9/h9-11H,2-8H2,1H3. The highest BCUT2D eigenvalue weighted by molar-refractivity contribution is 7.89. The highest BCUT2D eigenvalue weighted by Crippen LogP contribution is 2.10. The second-order valence-electron chi connectivity index (χ2n) is 3.76. The number of ether oxygens (including phenoxy) is 1. The Labute approximate surface area is 91.6 Å². The van der Waals surface area contributed by atoms with Crippen LogP contribution in [0.5, 0.6) is 0 Å². The molecule has 0 aliphatic carbocycles. The molecule has 1 unspecified atom stereocenters. The molecular formula is C9H20N2O3S. The largest absolute Gasteiger partial charge is 0.377 e. The van der Waals surface area contributed by atoms with Crippen molar-refractivity contribution in [1.82, 2.24) is 10.0 Å². The first-order valence-electron chi connectivity index (χ1n) is 5.37. The van der Waals surface area contributed by atoms with E-state index in [-0.39, 0.29) is 11.9 Å². The molecule has 1 saturated heterocycles. The quantitative estimate of drug-likeness (QED) is 0.595. The van der Waals surface area contributed by atoms with E-state index in [1.54, 1.807) is 0 Å². The maximum absolute atomic E-state index is 11.5. The van der Waals surface area contributed by atoms with Crippen molar-refractivity contribution in [3.8, 4) is 0 Å². The summed E-state index contributed by atoms with van der Waals surface area (Å²) in [5, 5.41) is 2.92. The average Bonchev–Trinajstić information content (AvgIpc) is 2.68. The third-order valence-corrected chi connectivity index (χ3v) is 3.83. The summed E-state index contributed by atoms with van der Waals surface area (Å²) >= 11 is 0. The molecule has 0 spiro atoms. The maximum atomic E-state index is 11.5. The maximum Gasteiger partial charge on any atom is 0.211 e. The van der Waals surface area contributed by atoms with Crippen molar-refractivity contribution in [3.05, 3.63) is 0 Å². The Balaban J connectivity index is 2.17. The number of hydrogen-bond donors (Lipinski definition) is 2. The van der Waals surface area contributed by atoms with Crippen molar-refractivity contribution in [1.29, 1.82) is 0 Å². The smallest absolute Gasteiger partial charge is 0.211 e. The van der Waals surface area contributed by atoms with Gasteiger partial charge in [-0.05, 0) is 32.9 Å². The van der Waals surface area contributed by atoms with Gasteiger partial charge in [-0.15, -0.1) is 0 Å². The van der Waals surface area contributed by atoms with Gasteiger partial charge in [0.05, 0.1) is 11.9 Å². The first-order chi connectivity index (χ1) is 7.14. The lowest BCUT2D eigenvalue weighted by atomic mass is 10.2. The van der Waals surface area contributed by atoms with E-state index in [1.807, 2.05) is 7.05 Å². The van der Waals surface area contributed by atoms with Crippen LogP contribution in [0.1, 0.15) is 19.3 Å². The molecule has 0 bridgehead atoms. The fourth-order valence-corrected chi connectivity index (χ4v) is 2.64. The van der Waals surface area contributed by atoms with Gasteiger partial charge in [-0.1, -0.05) is 0 Å². The lowest BCUT2D eigenvalue weighted by Gasteiger charge is -2.11. The number of hydrogen-bond acceptors (Lipinski definition) is 4. The Morgan fingerprint density at radius 1 is 1.47 bits per heavy atom. The Bertz CT molecular complexity index is 261. The normalized spacial score (nSPS) is 22.1. The molecule has 0 aromatic rings. The number of nitrogens with one attached hydrogen (secondary N) is 2. The van der Waals surface area contributed by atoms with E-state index in [2.05, 4.69) is 10.0 Å². The van der Waals surface area contributed by atoms with Gasteiger partial charge >= 0.3 is 0 Å². The number of sulfonamides is 1. The summed E-state index contributed by atoms with van der Waals surface area (Å²) in [6.07, 6.45) is 2.70. The minimum absolute atomic E-state index is 0.0732. The zero-order valence-electron chi connectivity index (χ0n) is 9.16. The van der Waals surface area contributed by atoms with Crippen LogP contribution in [0.3, 0.4) is 0 Å². The third-order valence-electron chi connectivity index (χ3n) is 2.39. The van der Waals surface area contributed by atoms with Gasteiger partial charge in [-0.3, -0.25) is 0 Å². The van der Waals surface area contributed by atoms with Crippen LogP contribution in [-0.4, -0.2) is 47.0 Å². The van der Waals surface area contributed by atoms with E-state index in [0.29, 0.717) is 13.0 Å². The fraction of sp³-hybridized carbons (Fsp3) is 1.00. The molecule has 90 valence electrons.